The van der Waals surface area contributed by atoms with E-state index in [-0.39, 0.29) is 11.9 Å². The molecular weight excluding hydrogens is 332 g/mol. The number of benzene rings is 1. The number of fused-ring (bicyclic) bond motifs is 1. The highest BCUT2D eigenvalue weighted by Gasteiger charge is 2.28. The number of hydrogen-bond donors (Lipinski definition) is 1. The number of hydrogen-bond acceptors (Lipinski definition) is 5. The number of carbonyl (C=O) groups excluding carboxylic acids is 1. The highest BCUT2D eigenvalue weighted by atomic mass is 32.1. The summed E-state index contributed by atoms with van der Waals surface area (Å²) in [5.41, 5.74) is 2.75. The van der Waals surface area contributed by atoms with E-state index in [0.29, 0.717) is 11.5 Å². The molecule has 0 saturated heterocycles. The van der Waals surface area contributed by atoms with E-state index in [1.807, 2.05) is 29.2 Å². The van der Waals surface area contributed by atoms with Crippen LogP contribution in [0.3, 0.4) is 0 Å². The standard InChI is InChI=1S/C19H18N4OS/c1-13-16-7-11-25-17(16)6-10-23(13)18(24)14-4-2-5-15(12-14)22-19-20-8-3-9-21-19/h2-5,7-9,11-13H,6,10H2,1H3,(H,20,21,22)/t13-/m1/s1. The molecule has 6 heteroatoms. The molecule has 1 aliphatic rings. The van der Waals surface area contributed by atoms with Gasteiger partial charge in [0.15, 0.2) is 0 Å². The van der Waals surface area contributed by atoms with Crippen LogP contribution in [0.15, 0.2) is 54.2 Å². The normalized spacial score (nSPS) is 16.4. The highest BCUT2D eigenvalue weighted by Crippen LogP contribution is 2.33. The molecule has 1 amide bonds. The second-order valence-electron chi connectivity index (χ2n) is 6.00. The summed E-state index contributed by atoms with van der Waals surface area (Å²) in [7, 11) is 0. The smallest absolute Gasteiger partial charge is 0.254 e. The molecule has 1 aliphatic heterocycles. The lowest BCUT2D eigenvalue weighted by atomic mass is 10.0. The maximum atomic E-state index is 13.0. The zero-order valence-corrected chi connectivity index (χ0v) is 14.7. The Bertz CT molecular complexity index is 893. The fourth-order valence-electron chi connectivity index (χ4n) is 3.18. The summed E-state index contributed by atoms with van der Waals surface area (Å²) in [5.74, 6) is 0.573. The molecule has 5 nitrogen and oxygen atoms in total. The molecule has 1 atom stereocenters. The fourth-order valence-corrected chi connectivity index (χ4v) is 4.14. The molecule has 1 N–H and O–H groups in total. The van der Waals surface area contributed by atoms with Crippen molar-refractivity contribution in [1.82, 2.24) is 14.9 Å². The molecule has 126 valence electrons. The summed E-state index contributed by atoms with van der Waals surface area (Å²) in [6.45, 7) is 2.86. The van der Waals surface area contributed by atoms with Gasteiger partial charge in [0.1, 0.15) is 0 Å². The third-order valence-electron chi connectivity index (χ3n) is 4.47. The molecule has 0 spiro atoms. The van der Waals surface area contributed by atoms with E-state index >= 15 is 0 Å². The number of anilines is 2. The topological polar surface area (TPSA) is 58.1 Å². The van der Waals surface area contributed by atoms with E-state index in [1.165, 1.54) is 10.4 Å². The van der Waals surface area contributed by atoms with Crippen LogP contribution in [0.5, 0.6) is 0 Å². The fraction of sp³-hybridized carbons (Fsp3) is 0.211. The minimum Gasteiger partial charge on any atom is -0.331 e. The van der Waals surface area contributed by atoms with Crippen molar-refractivity contribution in [3.63, 3.8) is 0 Å². The average Bonchev–Trinajstić information content (AvgIpc) is 3.12. The molecule has 0 saturated carbocycles. The molecule has 0 radical (unpaired) electrons. The van der Waals surface area contributed by atoms with Crippen LogP contribution in [0, 0.1) is 0 Å². The third-order valence-corrected chi connectivity index (χ3v) is 5.47. The number of amides is 1. The lowest BCUT2D eigenvalue weighted by molar-refractivity contribution is 0.0679. The maximum absolute atomic E-state index is 13.0. The summed E-state index contributed by atoms with van der Waals surface area (Å²) in [4.78, 5) is 24.7. The minimum absolute atomic E-state index is 0.0574. The zero-order chi connectivity index (χ0) is 17.2. The van der Waals surface area contributed by atoms with Gasteiger partial charge in [-0.3, -0.25) is 4.79 Å². The number of rotatable bonds is 3. The Morgan fingerprint density at radius 3 is 2.92 bits per heavy atom. The summed E-state index contributed by atoms with van der Waals surface area (Å²) < 4.78 is 0. The monoisotopic (exact) mass is 350 g/mol. The minimum atomic E-state index is 0.0574. The van der Waals surface area contributed by atoms with Crippen molar-refractivity contribution >= 4 is 28.9 Å². The molecule has 0 bridgehead atoms. The van der Waals surface area contributed by atoms with E-state index in [2.05, 4.69) is 33.7 Å². The number of thiophene rings is 1. The molecule has 3 aromatic rings. The maximum Gasteiger partial charge on any atom is 0.254 e. The predicted molar refractivity (Wildman–Crippen MR) is 99.2 cm³/mol. The number of aromatic nitrogens is 2. The summed E-state index contributed by atoms with van der Waals surface area (Å²) in [6, 6.07) is 11.5. The molecule has 4 rings (SSSR count). The molecule has 2 aromatic heterocycles. The highest BCUT2D eigenvalue weighted by molar-refractivity contribution is 7.10. The van der Waals surface area contributed by atoms with E-state index in [9.17, 15) is 4.79 Å². The van der Waals surface area contributed by atoms with Crippen molar-refractivity contribution in [2.75, 3.05) is 11.9 Å². The van der Waals surface area contributed by atoms with Crippen molar-refractivity contribution in [1.29, 1.82) is 0 Å². The quantitative estimate of drug-likeness (QED) is 0.774. The van der Waals surface area contributed by atoms with Crippen LogP contribution >= 0.6 is 11.3 Å². The van der Waals surface area contributed by atoms with Crippen LogP contribution in [0.2, 0.25) is 0 Å². The second kappa shape index (κ2) is 6.64. The van der Waals surface area contributed by atoms with E-state index in [4.69, 9.17) is 0 Å². The number of nitrogens with one attached hydrogen (secondary N) is 1. The first kappa shape index (κ1) is 15.8. The van der Waals surface area contributed by atoms with E-state index < -0.39 is 0 Å². The molecule has 1 aromatic carbocycles. The first-order chi connectivity index (χ1) is 12.2. The Labute approximate surface area is 150 Å². The van der Waals surface area contributed by atoms with Gasteiger partial charge in [0.05, 0.1) is 6.04 Å². The van der Waals surface area contributed by atoms with Gasteiger partial charge < -0.3 is 10.2 Å². The second-order valence-corrected chi connectivity index (χ2v) is 7.00. The van der Waals surface area contributed by atoms with Gasteiger partial charge in [-0.15, -0.1) is 11.3 Å². The molecule has 0 unspecified atom stereocenters. The van der Waals surface area contributed by atoms with Gasteiger partial charge in [-0.05, 0) is 54.6 Å². The first-order valence-corrected chi connectivity index (χ1v) is 9.11. The Morgan fingerprint density at radius 1 is 1.24 bits per heavy atom. The van der Waals surface area contributed by atoms with Crippen molar-refractivity contribution < 1.29 is 4.79 Å². The third kappa shape index (κ3) is 3.13. The predicted octanol–water partition coefficient (Wildman–Crippen LogP) is 4.04. The summed E-state index contributed by atoms with van der Waals surface area (Å²) >= 11 is 1.78. The zero-order valence-electron chi connectivity index (χ0n) is 13.8. The van der Waals surface area contributed by atoms with Crippen molar-refractivity contribution in [2.24, 2.45) is 0 Å². The molecule has 0 aliphatic carbocycles. The molecule has 0 fully saturated rings. The van der Waals surface area contributed by atoms with Crippen LogP contribution in [0.4, 0.5) is 11.6 Å². The van der Waals surface area contributed by atoms with Crippen LogP contribution in [-0.4, -0.2) is 27.3 Å². The van der Waals surface area contributed by atoms with Crippen LogP contribution in [0.25, 0.3) is 0 Å². The SMILES string of the molecule is C[C@@H]1c2ccsc2CCN1C(=O)c1cccc(Nc2ncccn2)c1. The van der Waals surface area contributed by atoms with Gasteiger partial charge in [-0.1, -0.05) is 6.07 Å². The first-order valence-electron chi connectivity index (χ1n) is 8.24. The Morgan fingerprint density at radius 2 is 2.08 bits per heavy atom. The van der Waals surface area contributed by atoms with Gasteiger partial charge in [-0.2, -0.15) is 0 Å². The van der Waals surface area contributed by atoms with E-state index in [0.717, 1.165) is 18.7 Å². The Balaban J connectivity index is 1.56. The van der Waals surface area contributed by atoms with Crippen LogP contribution in [0.1, 0.15) is 33.8 Å². The largest absolute Gasteiger partial charge is 0.331 e. The van der Waals surface area contributed by atoms with Crippen molar-refractivity contribution in [3.05, 3.63) is 70.2 Å². The number of nitrogens with zero attached hydrogens (tertiary/aromatic N) is 3. The summed E-state index contributed by atoms with van der Waals surface area (Å²) in [6.07, 6.45) is 4.29. The van der Waals surface area contributed by atoms with Crippen molar-refractivity contribution in [2.45, 2.75) is 19.4 Å². The molecule has 25 heavy (non-hydrogen) atoms. The van der Waals surface area contributed by atoms with Crippen LogP contribution in [-0.2, 0) is 6.42 Å². The van der Waals surface area contributed by atoms with Gasteiger partial charge >= 0.3 is 0 Å². The lowest BCUT2D eigenvalue weighted by Crippen LogP contribution is -2.38. The Kier molecular flexibility index (Phi) is 4.19. The molecule has 3 heterocycles. The average molecular weight is 350 g/mol. The van der Waals surface area contributed by atoms with Gasteiger partial charge in [0, 0.05) is 35.1 Å². The lowest BCUT2D eigenvalue weighted by Gasteiger charge is -2.33. The number of carbonyl (C=O) groups is 1. The van der Waals surface area contributed by atoms with Crippen molar-refractivity contribution in [3.8, 4) is 0 Å². The molecular formula is C19H18N4OS. The van der Waals surface area contributed by atoms with E-state index in [1.54, 1.807) is 29.8 Å². The van der Waals surface area contributed by atoms with Gasteiger partial charge in [-0.25, -0.2) is 9.97 Å². The van der Waals surface area contributed by atoms with Crippen LogP contribution < -0.4 is 5.32 Å². The van der Waals surface area contributed by atoms with Gasteiger partial charge in [0.25, 0.3) is 5.91 Å². The Hall–Kier alpha value is -2.73. The summed E-state index contributed by atoms with van der Waals surface area (Å²) in [5, 5.41) is 5.24. The van der Waals surface area contributed by atoms with Gasteiger partial charge in [0.2, 0.25) is 5.95 Å².